The molecular formula is C16H25N3O. The van der Waals surface area contributed by atoms with E-state index >= 15 is 0 Å². The van der Waals surface area contributed by atoms with E-state index in [0.29, 0.717) is 6.04 Å². The second-order valence-corrected chi connectivity index (χ2v) is 5.68. The Morgan fingerprint density at radius 2 is 2.25 bits per heavy atom. The molecule has 4 heteroatoms. The Morgan fingerprint density at radius 3 is 2.90 bits per heavy atom. The second kappa shape index (κ2) is 6.27. The fourth-order valence-electron chi connectivity index (χ4n) is 2.95. The summed E-state index contributed by atoms with van der Waals surface area (Å²) in [4.78, 5) is 16.8. The van der Waals surface area contributed by atoms with Crippen molar-refractivity contribution in [1.82, 2.24) is 9.80 Å². The van der Waals surface area contributed by atoms with Crippen LogP contribution in [0.25, 0.3) is 0 Å². The maximum atomic E-state index is 12.5. The molecule has 1 unspecified atom stereocenters. The average Bonchev–Trinajstić information content (AvgIpc) is 2.88. The third-order valence-electron chi connectivity index (χ3n) is 4.25. The van der Waals surface area contributed by atoms with Crippen molar-refractivity contribution in [3.63, 3.8) is 0 Å². The molecule has 1 saturated heterocycles. The topological polar surface area (TPSA) is 49.6 Å². The molecule has 0 aromatic heterocycles. The van der Waals surface area contributed by atoms with Crippen molar-refractivity contribution >= 4 is 11.6 Å². The number of amides is 1. The number of carbonyl (C=O) groups excluding carboxylic acids is 1. The van der Waals surface area contributed by atoms with E-state index in [4.69, 9.17) is 5.73 Å². The summed E-state index contributed by atoms with van der Waals surface area (Å²) in [5.41, 5.74) is 8.22. The molecule has 0 bridgehead atoms. The fourth-order valence-corrected chi connectivity index (χ4v) is 2.95. The van der Waals surface area contributed by atoms with E-state index in [-0.39, 0.29) is 5.91 Å². The first-order valence-electron chi connectivity index (χ1n) is 7.38. The molecule has 2 rings (SSSR count). The van der Waals surface area contributed by atoms with Gasteiger partial charge in [-0.2, -0.15) is 0 Å². The van der Waals surface area contributed by atoms with Gasteiger partial charge in [-0.3, -0.25) is 9.69 Å². The molecule has 0 radical (unpaired) electrons. The molecule has 1 fully saturated rings. The van der Waals surface area contributed by atoms with Crippen molar-refractivity contribution in [2.24, 2.45) is 0 Å². The molecule has 1 atom stereocenters. The van der Waals surface area contributed by atoms with E-state index < -0.39 is 0 Å². The number of likely N-dealkylation sites (N-methyl/N-ethyl adjacent to an activating group) is 2. The standard InChI is InChI=1S/C16H25N3O/c1-4-19-9-5-6-14(19)11-18(3)16(20)13-7-8-15(17)12(2)10-13/h7-8,10,14H,4-6,9,11,17H2,1-3H3. The molecule has 20 heavy (non-hydrogen) atoms. The second-order valence-electron chi connectivity index (χ2n) is 5.68. The maximum Gasteiger partial charge on any atom is 0.253 e. The summed E-state index contributed by atoms with van der Waals surface area (Å²) in [5, 5.41) is 0. The van der Waals surface area contributed by atoms with Crippen LogP contribution in [0.2, 0.25) is 0 Å². The molecule has 1 aromatic rings. The van der Waals surface area contributed by atoms with E-state index in [2.05, 4.69) is 11.8 Å². The van der Waals surface area contributed by atoms with Crippen LogP contribution in [0.5, 0.6) is 0 Å². The minimum Gasteiger partial charge on any atom is -0.399 e. The van der Waals surface area contributed by atoms with Gasteiger partial charge in [-0.05, 0) is 56.6 Å². The lowest BCUT2D eigenvalue weighted by Crippen LogP contribution is -2.41. The largest absolute Gasteiger partial charge is 0.399 e. The Kier molecular flexibility index (Phi) is 4.65. The number of rotatable bonds is 4. The Morgan fingerprint density at radius 1 is 1.50 bits per heavy atom. The highest BCUT2D eigenvalue weighted by Gasteiger charge is 2.25. The lowest BCUT2D eigenvalue weighted by molar-refractivity contribution is 0.0754. The van der Waals surface area contributed by atoms with Crippen molar-refractivity contribution < 1.29 is 4.79 Å². The van der Waals surface area contributed by atoms with E-state index in [9.17, 15) is 4.79 Å². The number of nitrogens with zero attached hydrogens (tertiary/aromatic N) is 2. The zero-order valence-electron chi connectivity index (χ0n) is 12.7. The first kappa shape index (κ1) is 14.9. The van der Waals surface area contributed by atoms with Crippen LogP contribution in [-0.2, 0) is 0 Å². The van der Waals surface area contributed by atoms with Crippen LogP contribution in [0, 0.1) is 6.92 Å². The molecule has 1 heterocycles. The highest BCUT2D eigenvalue weighted by atomic mass is 16.2. The summed E-state index contributed by atoms with van der Waals surface area (Å²) in [6.45, 7) is 7.14. The molecule has 2 N–H and O–H groups in total. The Balaban J connectivity index is 2.03. The van der Waals surface area contributed by atoms with E-state index in [1.165, 1.54) is 12.8 Å². The van der Waals surface area contributed by atoms with Crippen molar-refractivity contribution in [1.29, 1.82) is 0 Å². The number of carbonyl (C=O) groups is 1. The first-order valence-corrected chi connectivity index (χ1v) is 7.38. The Hall–Kier alpha value is -1.55. The summed E-state index contributed by atoms with van der Waals surface area (Å²) in [6.07, 6.45) is 2.42. The number of hydrogen-bond donors (Lipinski definition) is 1. The fraction of sp³-hybridized carbons (Fsp3) is 0.562. The van der Waals surface area contributed by atoms with Crippen LogP contribution in [0.4, 0.5) is 5.69 Å². The van der Waals surface area contributed by atoms with Gasteiger partial charge in [0.1, 0.15) is 0 Å². The Bertz CT molecular complexity index is 487. The minimum absolute atomic E-state index is 0.0797. The molecule has 0 spiro atoms. The number of benzene rings is 1. The zero-order valence-corrected chi connectivity index (χ0v) is 12.7. The highest BCUT2D eigenvalue weighted by molar-refractivity contribution is 5.94. The molecular weight excluding hydrogens is 250 g/mol. The number of nitrogens with two attached hydrogens (primary N) is 1. The van der Waals surface area contributed by atoms with Gasteiger partial charge in [-0.25, -0.2) is 0 Å². The summed E-state index contributed by atoms with van der Waals surface area (Å²) in [6, 6.07) is 6.00. The predicted molar refractivity (Wildman–Crippen MR) is 82.8 cm³/mol. The molecule has 0 aliphatic carbocycles. The molecule has 1 amide bonds. The SMILES string of the molecule is CCN1CCCC1CN(C)C(=O)c1ccc(N)c(C)c1. The van der Waals surface area contributed by atoms with Crippen LogP contribution in [-0.4, -0.2) is 48.4 Å². The van der Waals surface area contributed by atoms with Crippen molar-refractivity contribution in [2.75, 3.05) is 32.4 Å². The predicted octanol–water partition coefficient (Wildman–Crippen LogP) is 2.13. The zero-order chi connectivity index (χ0) is 14.7. The van der Waals surface area contributed by atoms with E-state index in [1.54, 1.807) is 0 Å². The first-order chi connectivity index (χ1) is 9.52. The van der Waals surface area contributed by atoms with Gasteiger partial charge in [-0.15, -0.1) is 0 Å². The molecule has 1 aromatic carbocycles. The van der Waals surface area contributed by atoms with Crippen LogP contribution in [0.3, 0.4) is 0 Å². The third-order valence-corrected chi connectivity index (χ3v) is 4.25. The lowest BCUT2D eigenvalue weighted by Gasteiger charge is -2.28. The monoisotopic (exact) mass is 275 g/mol. The quantitative estimate of drug-likeness (QED) is 0.856. The van der Waals surface area contributed by atoms with Gasteiger partial charge < -0.3 is 10.6 Å². The van der Waals surface area contributed by atoms with Gasteiger partial charge in [0.25, 0.3) is 5.91 Å². The van der Waals surface area contributed by atoms with Crippen LogP contribution in [0.15, 0.2) is 18.2 Å². The Labute approximate surface area is 121 Å². The van der Waals surface area contributed by atoms with Crippen LogP contribution < -0.4 is 5.73 Å². The van der Waals surface area contributed by atoms with Gasteiger partial charge in [0, 0.05) is 30.9 Å². The third kappa shape index (κ3) is 3.12. The number of anilines is 1. The van der Waals surface area contributed by atoms with Crippen molar-refractivity contribution in [3.05, 3.63) is 29.3 Å². The van der Waals surface area contributed by atoms with Gasteiger partial charge in [0.05, 0.1) is 0 Å². The summed E-state index contributed by atoms with van der Waals surface area (Å²) in [7, 11) is 1.89. The number of hydrogen-bond acceptors (Lipinski definition) is 3. The van der Waals surface area contributed by atoms with E-state index in [0.717, 1.165) is 36.4 Å². The number of aryl methyl sites for hydroxylation is 1. The van der Waals surface area contributed by atoms with Gasteiger partial charge in [0.15, 0.2) is 0 Å². The average molecular weight is 275 g/mol. The molecule has 1 aliphatic heterocycles. The van der Waals surface area contributed by atoms with Crippen LogP contribution in [0.1, 0.15) is 35.7 Å². The highest BCUT2D eigenvalue weighted by Crippen LogP contribution is 2.19. The summed E-state index contributed by atoms with van der Waals surface area (Å²) >= 11 is 0. The smallest absolute Gasteiger partial charge is 0.253 e. The lowest BCUT2D eigenvalue weighted by atomic mass is 10.1. The molecule has 1 aliphatic rings. The van der Waals surface area contributed by atoms with E-state index in [1.807, 2.05) is 37.1 Å². The van der Waals surface area contributed by atoms with Gasteiger partial charge >= 0.3 is 0 Å². The molecule has 110 valence electrons. The van der Waals surface area contributed by atoms with Crippen molar-refractivity contribution in [3.8, 4) is 0 Å². The maximum absolute atomic E-state index is 12.5. The number of likely N-dealkylation sites (tertiary alicyclic amines) is 1. The minimum atomic E-state index is 0.0797. The van der Waals surface area contributed by atoms with Crippen LogP contribution >= 0.6 is 0 Å². The number of nitrogen functional groups attached to an aromatic ring is 1. The summed E-state index contributed by atoms with van der Waals surface area (Å²) in [5.74, 6) is 0.0797. The normalized spacial score (nSPS) is 19.2. The van der Waals surface area contributed by atoms with Gasteiger partial charge in [-0.1, -0.05) is 6.92 Å². The van der Waals surface area contributed by atoms with Gasteiger partial charge in [0.2, 0.25) is 0 Å². The molecule has 4 nitrogen and oxygen atoms in total. The summed E-state index contributed by atoms with van der Waals surface area (Å²) < 4.78 is 0. The van der Waals surface area contributed by atoms with Crippen molar-refractivity contribution in [2.45, 2.75) is 32.7 Å². The molecule has 0 saturated carbocycles.